The summed E-state index contributed by atoms with van der Waals surface area (Å²) in [5.41, 5.74) is 0.525. The van der Waals surface area contributed by atoms with Gasteiger partial charge in [-0.1, -0.05) is 0 Å². The Labute approximate surface area is 75.5 Å². The fraction of sp³-hybridized carbons (Fsp3) is 0.333. The van der Waals surface area contributed by atoms with Crippen LogP contribution in [0.5, 0.6) is 11.5 Å². The van der Waals surface area contributed by atoms with Crippen LogP contribution in [0.3, 0.4) is 0 Å². The molecule has 0 bridgehead atoms. The first-order chi connectivity index (χ1) is 6.33. The Morgan fingerprint density at radius 3 is 3.08 bits per heavy atom. The molecule has 0 saturated heterocycles. The Kier molecular flexibility index (Phi) is 2.06. The molecule has 1 aliphatic heterocycles. The van der Waals surface area contributed by atoms with Gasteiger partial charge in [0.15, 0.2) is 11.5 Å². The van der Waals surface area contributed by atoms with Crippen molar-refractivity contribution in [3.05, 3.63) is 23.5 Å². The van der Waals surface area contributed by atoms with E-state index in [0.29, 0.717) is 23.6 Å². The Balaban J connectivity index is 2.45. The molecular weight excluding hydrogens is 173 g/mol. The maximum atomic E-state index is 13.3. The molecule has 3 nitrogen and oxygen atoms in total. The molecule has 0 radical (unpaired) electrons. The zero-order chi connectivity index (χ0) is 9.26. The Hall–Kier alpha value is -1.29. The number of hydrogen-bond acceptors (Lipinski definition) is 3. The van der Waals surface area contributed by atoms with E-state index in [2.05, 4.69) is 5.32 Å². The minimum absolute atomic E-state index is 0.176. The van der Waals surface area contributed by atoms with Crippen molar-refractivity contribution in [3.63, 3.8) is 0 Å². The van der Waals surface area contributed by atoms with Crippen LogP contribution in [0.1, 0.15) is 5.56 Å². The summed E-state index contributed by atoms with van der Waals surface area (Å²) in [6.07, 6.45) is 0. The van der Waals surface area contributed by atoms with Crippen LogP contribution in [-0.2, 0) is 6.54 Å². The van der Waals surface area contributed by atoms with Crippen LogP contribution in [0.4, 0.5) is 4.39 Å². The topological polar surface area (TPSA) is 30.5 Å². The molecule has 0 aliphatic carbocycles. The molecule has 0 spiro atoms. The Morgan fingerprint density at radius 2 is 2.31 bits per heavy atom. The summed E-state index contributed by atoms with van der Waals surface area (Å²) in [6.45, 7) is 0.619. The zero-order valence-electron chi connectivity index (χ0n) is 7.26. The minimum Gasteiger partial charge on any atom is -0.454 e. The highest BCUT2D eigenvalue weighted by Crippen LogP contribution is 2.36. The third-order valence-corrected chi connectivity index (χ3v) is 1.94. The van der Waals surface area contributed by atoms with Crippen LogP contribution >= 0.6 is 0 Å². The highest BCUT2D eigenvalue weighted by Gasteiger charge is 2.20. The van der Waals surface area contributed by atoms with E-state index in [4.69, 9.17) is 9.47 Å². The van der Waals surface area contributed by atoms with E-state index < -0.39 is 0 Å². The van der Waals surface area contributed by atoms with Gasteiger partial charge in [-0.15, -0.1) is 0 Å². The molecule has 2 rings (SSSR count). The van der Waals surface area contributed by atoms with Gasteiger partial charge in [0.2, 0.25) is 6.79 Å². The van der Waals surface area contributed by atoms with E-state index in [0.717, 1.165) is 0 Å². The molecule has 0 aromatic heterocycles. The van der Waals surface area contributed by atoms with Gasteiger partial charge in [-0.25, -0.2) is 4.39 Å². The summed E-state index contributed by atoms with van der Waals surface area (Å²) in [5, 5.41) is 2.88. The van der Waals surface area contributed by atoms with Gasteiger partial charge in [0.05, 0.1) is 0 Å². The summed E-state index contributed by atoms with van der Waals surface area (Å²) in [6, 6.07) is 2.97. The molecule has 70 valence electrons. The van der Waals surface area contributed by atoms with Crippen molar-refractivity contribution >= 4 is 0 Å². The molecule has 0 saturated carbocycles. The number of nitrogens with one attached hydrogen (secondary N) is 1. The molecule has 1 heterocycles. The first-order valence-corrected chi connectivity index (χ1v) is 4.04. The van der Waals surface area contributed by atoms with Crippen molar-refractivity contribution < 1.29 is 13.9 Å². The molecule has 1 aliphatic rings. The smallest absolute Gasteiger partial charge is 0.231 e. The first-order valence-electron chi connectivity index (χ1n) is 4.04. The standard InChI is InChI=1S/C9H10FNO2/c1-11-4-6-7(10)2-3-8-9(6)13-5-12-8/h2-3,11H,4-5H2,1H3. The van der Waals surface area contributed by atoms with Crippen LogP contribution in [-0.4, -0.2) is 13.8 Å². The SMILES string of the molecule is CNCc1c(F)ccc2c1OCO2. The summed E-state index contributed by atoms with van der Waals surface area (Å²) in [4.78, 5) is 0. The largest absolute Gasteiger partial charge is 0.454 e. The molecule has 0 fully saturated rings. The van der Waals surface area contributed by atoms with Gasteiger partial charge in [0.25, 0.3) is 0 Å². The Bertz CT molecular complexity index is 328. The van der Waals surface area contributed by atoms with Crippen molar-refractivity contribution in [2.24, 2.45) is 0 Å². The molecule has 0 amide bonds. The molecule has 0 unspecified atom stereocenters. The van der Waals surface area contributed by atoms with Crippen LogP contribution in [0.25, 0.3) is 0 Å². The number of hydrogen-bond donors (Lipinski definition) is 1. The molecule has 1 aromatic carbocycles. The van der Waals surface area contributed by atoms with Gasteiger partial charge in [0, 0.05) is 12.1 Å². The molecule has 4 heteroatoms. The summed E-state index contributed by atoms with van der Waals surface area (Å²) >= 11 is 0. The summed E-state index contributed by atoms with van der Waals surface area (Å²) in [7, 11) is 1.76. The second-order valence-electron chi connectivity index (χ2n) is 2.79. The fourth-order valence-electron chi connectivity index (χ4n) is 1.35. The lowest BCUT2D eigenvalue weighted by Crippen LogP contribution is -2.08. The maximum absolute atomic E-state index is 13.3. The summed E-state index contributed by atoms with van der Waals surface area (Å²) < 4.78 is 23.5. The average molecular weight is 183 g/mol. The fourth-order valence-corrected chi connectivity index (χ4v) is 1.35. The molecule has 1 aromatic rings. The lowest BCUT2D eigenvalue weighted by molar-refractivity contribution is 0.173. The van der Waals surface area contributed by atoms with Crippen molar-refractivity contribution in [3.8, 4) is 11.5 Å². The van der Waals surface area contributed by atoms with Crippen LogP contribution in [0.15, 0.2) is 12.1 Å². The van der Waals surface area contributed by atoms with Gasteiger partial charge in [-0.05, 0) is 19.2 Å². The normalized spacial score (nSPS) is 13.4. The van der Waals surface area contributed by atoms with E-state index in [-0.39, 0.29) is 12.6 Å². The molecule has 1 N–H and O–H groups in total. The summed E-state index contributed by atoms with van der Waals surface area (Å²) in [5.74, 6) is 0.875. The number of ether oxygens (including phenoxy) is 2. The van der Waals surface area contributed by atoms with Crippen LogP contribution in [0.2, 0.25) is 0 Å². The van der Waals surface area contributed by atoms with Crippen LogP contribution in [0, 0.1) is 5.82 Å². The maximum Gasteiger partial charge on any atom is 0.231 e. The van der Waals surface area contributed by atoms with Crippen molar-refractivity contribution in [1.29, 1.82) is 0 Å². The monoisotopic (exact) mass is 183 g/mol. The minimum atomic E-state index is -0.265. The van der Waals surface area contributed by atoms with Crippen LogP contribution < -0.4 is 14.8 Å². The van der Waals surface area contributed by atoms with E-state index >= 15 is 0 Å². The van der Waals surface area contributed by atoms with Crippen molar-refractivity contribution in [2.45, 2.75) is 6.54 Å². The third-order valence-electron chi connectivity index (χ3n) is 1.94. The third kappa shape index (κ3) is 1.33. The Morgan fingerprint density at radius 1 is 1.46 bits per heavy atom. The second-order valence-corrected chi connectivity index (χ2v) is 2.79. The highest BCUT2D eigenvalue weighted by atomic mass is 19.1. The van der Waals surface area contributed by atoms with Crippen molar-refractivity contribution in [2.75, 3.05) is 13.8 Å². The molecular formula is C9H10FNO2. The van der Waals surface area contributed by atoms with E-state index in [9.17, 15) is 4.39 Å². The zero-order valence-corrected chi connectivity index (χ0v) is 7.26. The predicted octanol–water partition coefficient (Wildman–Crippen LogP) is 1.27. The van der Waals surface area contributed by atoms with Gasteiger partial charge >= 0.3 is 0 Å². The lowest BCUT2D eigenvalue weighted by Gasteiger charge is -2.05. The number of benzene rings is 1. The van der Waals surface area contributed by atoms with Gasteiger partial charge < -0.3 is 14.8 Å². The highest BCUT2D eigenvalue weighted by molar-refractivity contribution is 5.48. The number of halogens is 1. The van der Waals surface area contributed by atoms with Gasteiger partial charge in [0.1, 0.15) is 5.82 Å². The van der Waals surface area contributed by atoms with Gasteiger partial charge in [-0.3, -0.25) is 0 Å². The molecule has 0 atom stereocenters. The predicted molar refractivity (Wildman–Crippen MR) is 45.3 cm³/mol. The number of fused-ring (bicyclic) bond motifs is 1. The molecule has 13 heavy (non-hydrogen) atoms. The second kappa shape index (κ2) is 3.22. The van der Waals surface area contributed by atoms with E-state index in [1.165, 1.54) is 6.07 Å². The number of rotatable bonds is 2. The van der Waals surface area contributed by atoms with Crippen molar-refractivity contribution in [1.82, 2.24) is 5.32 Å². The average Bonchev–Trinajstić information content (AvgIpc) is 2.58. The van der Waals surface area contributed by atoms with E-state index in [1.54, 1.807) is 13.1 Å². The lowest BCUT2D eigenvalue weighted by atomic mass is 10.1. The first kappa shape index (κ1) is 8.31. The van der Waals surface area contributed by atoms with E-state index in [1.807, 2.05) is 0 Å². The van der Waals surface area contributed by atoms with Gasteiger partial charge in [-0.2, -0.15) is 0 Å². The quantitative estimate of drug-likeness (QED) is 0.749.